The second kappa shape index (κ2) is 8.52. The van der Waals surface area contributed by atoms with Gasteiger partial charge in [-0.15, -0.1) is 0 Å². The van der Waals surface area contributed by atoms with Crippen LogP contribution in [-0.2, 0) is 0 Å². The Labute approximate surface area is 188 Å². The van der Waals surface area contributed by atoms with Gasteiger partial charge in [-0.05, 0) is 47.5 Å². The lowest BCUT2D eigenvalue weighted by Crippen LogP contribution is -2.08. The molecule has 0 atom stereocenters. The molecule has 5 rings (SSSR count). The predicted octanol–water partition coefficient (Wildman–Crippen LogP) is 6.77. The van der Waals surface area contributed by atoms with Gasteiger partial charge in [-0.25, -0.2) is 9.97 Å². The molecule has 4 nitrogen and oxygen atoms in total. The van der Waals surface area contributed by atoms with Crippen molar-refractivity contribution < 1.29 is 0 Å². The Morgan fingerprint density at radius 2 is 1.22 bits per heavy atom. The van der Waals surface area contributed by atoms with Crippen molar-refractivity contribution in [1.82, 2.24) is 9.97 Å². The summed E-state index contributed by atoms with van der Waals surface area (Å²) in [6.07, 6.45) is 0. The highest BCUT2D eigenvalue weighted by atomic mass is 15.1. The van der Waals surface area contributed by atoms with Crippen LogP contribution >= 0.6 is 0 Å². The van der Waals surface area contributed by atoms with Gasteiger partial charge in [-0.3, -0.25) is 0 Å². The fourth-order valence-electron chi connectivity index (χ4n) is 3.72. The number of hydrogen-bond donors (Lipinski definition) is 1. The molecule has 0 aliphatic heterocycles. The topological polar surface area (TPSA) is 41.0 Å². The van der Waals surface area contributed by atoms with Crippen molar-refractivity contribution in [2.24, 2.45) is 0 Å². The maximum atomic E-state index is 4.89. The highest BCUT2D eigenvalue weighted by molar-refractivity contribution is 5.92. The van der Waals surface area contributed by atoms with Crippen molar-refractivity contribution in [3.05, 3.63) is 103 Å². The predicted molar refractivity (Wildman–Crippen MR) is 134 cm³/mol. The molecule has 1 aromatic heterocycles. The molecule has 4 aromatic carbocycles. The van der Waals surface area contributed by atoms with Crippen LogP contribution in [0.15, 0.2) is 103 Å². The van der Waals surface area contributed by atoms with Gasteiger partial charge in [-0.1, -0.05) is 66.7 Å². The van der Waals surface area contributed by atoms with Gasteiger partial charge in [0.1, 0.15) is 5.82 Å². The summed E-state index contributed by atoms with van der Waals surface area (Å²) in [6, 6.07) is 35.2. The van der Waals surface area contributed by atoms with Crippen LogP contribution in [0.5, 0.6) is 0 Å². The molecule has 4 heteroatoms. The maximum absolute atomic E-state index is 4.89. The van der Waals surface area contributed by atoms with E-state index >= 15 is 0 Å². The van der Waals surface area contributed by atoms with Crippen LogP contribution in [0.2, 0.25) is 0 Å². The number of nitrogens with zero attached hydrogens (tertiary/aromatic N) is 3. The normalized spacial score (nSPS) is 10.8. The highest BCUT2D eigenvalue weighted by Gasteiger charge is 2.10. The summed E-state index contributed by atoms with van der Waals surface area (Å²) in [4.78, 5) is 11.8. The van der Waals surface area contributed by atoms with Gasteiger partial charge in [0.15, 0.2) is 5.82 Å². The fourth-order valence-corrected chi connectivity index (χ4v) is 3.72. The van der Waals surface area contributed by atoms with E-state index < -0.39 is 0 Å². The zero-order valence-electron chi connectivity index (χ0n) is 18.2. The minimum atomic E-state index is 0.704. The SMILES string of the molecule is CN(C)c1ccc(Nc2nc(-c3ccc(-c4ccccc4)cc3)nc3ccccc23)cc1. The Morgan fingerprint density at radius 3 is 1.94 bits per heavy atom. The molecule has 0 unspecified atom stereocenters. The monoisotopic (exact) mass is 416 g/mol. The number of hydrogen-bond acceptors (Lipinski definition) is 4. The number of para-hydroxylation sites is 1. The first-order chi connectivity index (χ1) is 15.7. The van der Waals surface area contributed by atoms with E-state index in [9.17, 15) is 0 Å². The van der Waals surface area contributed by atoms with E-state index in [0.717, 1.165) is 33.7 Å². The summed E-state index contributed by atoms with van der Waals surface area (Å²) in [6.45, 7) is 0. The Bertz CT molecular complexity index is 1340. The van der Waals surface area contributed by atoms with E-state index in [4.69, 9.17) is 9.97 Å². The molecule has 5 aromatic rings. The van der Waals surface area contributed by atoms with Gasteiger partial charge in [0.2, 0.25) is 0 Å². The smallest absolute Gasteiger partial charge is 0.162 e. The molecule has 0 saturated carbocycles. The van der Waals surface area contributed by atoms with Gasteiger partial charge >= 0.3 is 0 Å². The number of aromatic nitrogens is 2. The molecule has 156 valence electrons. The Kier molecular flexibility index (Phi) is 5.26. The van der Waals surface area contributed by atoms with Gasteiger partial charge in [-0.2, -0.15) is 0 Å². The van der Waals surface area contributed by atoms with Crippen LogP contribution in [0.3, 0.4) is 0 Å². The second-order valence-corrected chi connectivity index (χ2v) is 7.92. The van der Waals surface area contributed by atoms with Crippen molar-refractivity contribution in [2.75, 3.05) is 24.3 Å². The molecular formula is C28H24N4. The zero-order valence-corrected chi connectivity index (χ0v) is 18.2. The van der Waals surface area contributed by atoms with E-state index in [1.165, 1.54) is 11.1 Å². The van der Waals surface area contributed by atoms with Crippen molar-refractivity contribution >= 4 is 28.1 Å². The summed E-state index contributed by atoms with van der Waals surface area (Å²) >= 11 is 0. The van der Waals surface area contributed by atoms with Crippen molar-refractivity contribution in [2.45, 2.75) is 0 Å². The van der Waals surface area contributed by atoms with Crippen molar-refractivity contribution in [3.8, 4) is 22.5 Å². The van der Waals surface area contributed by atoms with Crippen LogP contribution in [0.4, 0.5) is 17.2 Å². The summed E-state index contributed by atoms with van der Waals surface area (Å²) in [5.74, 6) is 1.51. The lowest BCUT2D eigenvalue weighted by molar-refractivity contribution is 1.13. The molecule has 0 aliphatic rings. The Morgan fingerprint density at radius 1 is 0.594 bits per heavy atom. The minimum absolute atomic E-state index is 0.704. The van der Waals surface area contributed by atoms with Crippen molar-refractivity contribution in [1.29, 1.82) is 0 Å². The number of benzene rings is 4. The van der Waals surface area contributed by atoms with Crippen LogP contribution in [-0.4, -0.2) is 24.1 Å². The van der Waals surface area contributed by atoms with Crippen LogP contribution in [0.1, 0.15) is 0 Å². The van der Waals surface area contributed by atoms with E-state index in [0.29, 0.717) is 5.82 Å². The third-order valence-electron chi connectivity index (χ3n) is 5.50. The van der Waals surface area contributed by atoms with Gasteiger partial charge in [0.25, 0.3) is 0 Å². The quantitative estimate of drug-likeness (QED) is 0.343. The van der Waals surface area contributed by atoms with Crippen LogP contribution < -0.4 is 10.2 Å². The number of anilines is 3. The van der Waals surface area contributed by atoms with Gasteiger partial charge in [0, 0.05) is 36.4 Å². The van der Waals surface area contributed by atoms with Crippen LogP contribution in [0, 0.1) is 0 Å². The van der Waals surface area contributed by atoms with Crippen molar-refractivity contribution in [3.63, 3.8) is 0 Å². The lowest BCUT2D eigenvalue weighted by Gasteiger charge is -2.14. The Hall–Kier alpha value is -4.18. The average Bonchev–Trinajstić information content (AvgIpc) is 2.85. The first-order valence-electron chi connectivity index (χ1n) is 10.6. The highest BCUT2D eigenvalue weighted by Crippen LogP contribution is 2.29. The maximum Gasteiger partial charge on any atom is 0.162 e. The summed E-state index contributed by atoms with van der Waals surface area (Å²) in [5.41, 5.74) is 6.42. The first-order valence-corrected chi connectivity index (χ1v) is 10.6. The first kappa shape index (κ1) is 19.8. The largest absolute Gasteiger partial charge is 0.378 e. The van der Waals surface area contributed by atoms with E-state index in [-0.39, 0.29) is 0 Å². The zero-order chi connectivity index (χ0) is 21.9. The molecule has 0 aliphatic carbocycles. The standard InChI is InChI=1S/C28H24N4/c1-32(2)24-18-16-23(17-19-24)29-28-25-10-6-7-11-26(25)30-27(31-28)22-14-12-21(13-15-22)20-8-4-3-5-9-20/h3-19H,1-2H3,(H,29,30,31). The summed E-state index contributed by atoms with van der Waals surface area (Å²) in [7, 11) is 4.07. The van der Waals surface area contributed by atoms with E-state index in [1.807, 2.05) is 44.4 Å². The molecule has 0 radical (unpaired) electrons. The van der Waals surface area contributed by atoms with E-state index in [2.05, 4.69) is 83.0 Å². The number of rotatable bonds is 5. The third-order valence-corrected chi connectivity index (χ3v) is 5.50. The van der Waals surface area contributed by atoms with Gasteiger partial charge in [0.05, 0.1) is 5.52 Å². The Balaban J connectivity index is 1.52. The molecule has 0 amide bonds. The third kappa shape index (κ3) is 4.03. The molecule has 0 spiro atoms. The molecule has 0 fully saturated rings. The molecule has 1 N–H and O–H groups in total. The molecule has 0 bridgehead atoms. The number of nitrogens with one attached hydrogen (secondary N) is 1. The molecule has 0 saturated heterocycles. The molecule has 1 heterocycles. The fraction of sp³-hybridized carbons (Fsp3) is 0.0714. The van der Waals surface area contributed by atoms with Crippen LogP contribution in [0.25, 0.3) is 33.4 Å². The number of fused-ring (bicyclic) bond motifs is 1. The molecular weight excluding hydrogens is 392 g/mol. The summed E-state index contributed by atoms with van der Waals surface area (Å²) < 4.78 is 0. The minimum Gasteiger partial charge on any atom is -0.378 e. The lowest BCUT2D eigenvalue weighted by atomic mass is 10.0. The average molecular weight is 417 g/mol. The molecule has 32 heavy (non-hydrogen) atoms. The summed E-state index contributed by atoms with van der Waals surface area (Å²) in [5, 5.41) is 4.49. The van der Waals surface area contributed by atoms with Gasteiger partial charge < -0.3 is 10.2 Å². The van der Waals surface area contributed by atoms with E-state index in [1.54, 1.807) is 0 Å². The second-order valence-electron chi connectivity index (χ2n) is 7.92.